The number of anilines is 1. The average molecular weight is 227 g/mol. The molecule has 2 nitrogen and oxygen atoms in total. The van der Waals surface area contributed by atoms with E-state index in [0.717, 1.165) is 18.0 Å². The maximum Gasteiger partial charge on any atom is 0.101 e. The van der Waals surface area contributed by atoms with Gasteiger partial charge in [-0.25, -0.2) is 0 Å². The Kier molecular flexibility index (Phi) is 4.64. The van der Waals surface area contributed by atoms with E-state index in [0.29, 0.717) is 10.6 Å². The van der Waals surface area contributed by atoms with Crippen LogP contribution in [0.3, 0.4) is 0 Å². The van der Waals surface area contributed by atoms with Crippen molar-refractivity contribution < 1.29 is 0 Å². The zero-order valence-corrected chi connectivity index (χ0v) is 9.45. The van der Waals surface area contributed by atoms with E-state index >= 15 is 0 Å². The average Bonchev–Trinajstić information content (AvgIpc) is 2.19. The molecule has 4 heteroatoms. The molecule has 0 aliphatic rings. The first-order valence-electron chi connectivity index (χ1n) is 4.20. The number of benzene rings is 1. The number of thioether (sulfide) groups is 1. The first kappa shape index (κ1) is 11.2. The minimum absolute atomic E-state index is 0.635. The quantitative estimate of drug-likeness (QED) is 0.802. The largest absolute Gasteiger partial charge is 0.383 e. The van der Waals surface area contributed by atoms with Crippen LogP contribution in [0.1, 0.15) is 5.56 Å². The highest BCUT2D eigenvalue weighted by Gasteiger charge is 2.01. The van der Waals surface area contributed by atoms with E-state index in [1.54, 1.807) is 30.0 Å². The van der Waals surface area contributed by atoms with E-state index in [1.165, 1.54) is 0 Å². The second kappa shape index (κ2) is 5.79. The highest BCUT2D eigenvalue weighted by Crippen LogP contribution is 2.20. The molecule has 0 amide bonds. The molecule has 0 aliphatic carbocycles. The zero-order valence-electron chi connectivity index (χ0n) is 7.88. The third kappa shape index (κ3) is 3.13. The molecule has 0 aromatic heterocycles. The summed E-state index contributed by atoms with van der Waals surface area (Å²) in [6, 6.07) is 7.35. The monoisotopic (exact) mass is 226 g/mol. The molecule has 0 unspecified atom stereocenters. The molecule has 0 saturated heterocycles. The highest BCUT2D eigenvalue weighted by atomic mass is 35.5. The Bertz CT molecular complexity index is 346. The molecule has 0 bridgehead atoms. The fourth-order valence-corrected chi connectivity index (χ4v) is 1.53. The molecule has 1 rings (SSSR count). The highest BCUT2D eigenvalue weighted by molar-refractivity contribution is 7.98. The maximum absolute atomic E-state index is 8.83. The number of nitrogens with one attached hydrogen (secondary N) is 1. The Labute approximate surface area is 93.3 Å². The van der Waals surface area contributed by atoms with Crippen LogP contribution in [0.15, 0.2) is 18.2 Å². The zero-order chi connectivity index (χ0) is 10.4. The van der Waals surface area contributed by atoms with Crippen LogP contribution >= 0.6 is 23.4 Å². The van der Waals surface area contributed by atoms with Crippen molar-refractivity contribution in [2.75, 3.05) is 23.9 Å². The van der Waals surface area contributed by atoms with Crippen molar-refractivity contribution in [2.24, 2.45) is 0 Å². The first-order chi connectivity index (χ1) is 6.77. The van der Waals surface area contributed by atoms with Crippen molar-refractivity contribution in [1.29, 1.82) is 5.26 Å². The summed E-state index contributed by atoms with van der Waals surface area (Å²) in [6.07, 6.45) is 2.05. The van der Waals surface area contributed by atoms with Gasteiger partial charge < -0.3 is 5.32 Å². The van der Waals surface area contributed by atoms with E-state index in [2.05, 4.69) is 11.4 Å². The van der Waals surface area contributed by atoms with Crippen LogP contribution in [-0.2, 0) is 0 Å². The molecule has 1 N–H and O–H groups in total. The van der Waals surface area contributed by atoms with Crippen molar-refractivity contribution >= 4 is 29.1 Å². The topological polar surface area (TPSA) is 35.8 Å². The summed E-state index contributed by atoms with van der Waals surface area (Å²) in [5.41, 5.74) is 1.45. The van der Waals surface area contributed by atoms with Crippen molar-refractivity contribution in [3.05, 3.63) is 28.8 Å². The Morgan fingerprint density at radius 1 is 1.57 bits per heavy atom. The number of nitrogens with zero attached hydrogens (tertiary/aromatic N) is 1. The molecule has 1 aromatic carbocycles. The van der Waals surface area contributed by atoms with Crippen LogP contribution in [0.5, 0.6) is 0 Å². The summed E-state index contributed by atoms with van der Waals surface area (Å²) < 4.78 is 0. The Morgan fingerprint density at radius 3 is 3.00 bits per heavy atom. The predicted octanol–water partition coefficient (Wildman–Crippen LogP) is 2.99. The lowest BCUT2D eigenvalue weighted by atomic mass is 10.2. The number of hydrogen-bond acceptors (Lipinski definition) is 3. The van der Waals surface area contributed by atoms with Gasteiger partial charge in [0.2, 0.25) is 0 Å². The minimum Gasteiger partial charge on any atom is -0.383 e. The number of hydrogen-bond donors (Lipinski definition) is 1. The van der Waals surface area contributed by atoms with Gasteiger partial charge in [0.15, 0.2) is 0 Å². The fraction of sp³-hybridized carbons (Fsp3) is 0.300. The van der Waals surface area contributed by atoms with Gasteiger partial charge in [-0.3, -0.25) is 0 Å². The molecule has 0 spiro atoms. The predicted molar refractivity (Wildman–Crippen MR) is 63.0 cm³/mol. The lowest BCUT2D eigenvalue weighted by molar-refractivity contribution is 1.22. The molecule has 0 heterocycles. The summed E-state index contributed by atoms with van der Waals surface area (Å²) in [5, 5.41) is 12.7. The van der Waals surface area contributed by atoms with Gasteiger partial charge in [-0.15, -0.1) is 0 Å². The van der Waals surface area contributed by atoms with E-state index in [9.17, 15) is 0 Å². The number of rotatable bonds is 4. The molecule has 14 heavy (non-hydrogen) atoms. The molecule has 1 aromatic rings. The molecular formula is C10H11ClN2S. The Hall–Kier alpha value is -0.850. The molecule has 74 valence electrons. The Balaban J connectivity index is 2.73. The molecular weight excluding hydrogens is 216 g/mol. The molecule has 0 atom stereocenters. The van der Waals surface area contributed by atoms with Crippen molar-refractivity contribution in [3.8, 4) is 6.07 Å². The van der Waals surface area contributed by atoms with Crippen LogP contribution < -0.4 is 5.32 Å². The molecule has 0 radical (unpaired) electrons. The second-order valence-corrected chi connectivity index (χ2v) is 4.14. The summed E-state index contributed by atoms with van der Waals surface area (Å²) in [7, 11) is 0. The minimum atomic E-state index is 0.635. The fourth-order valence-electron chi connectivity index (χ4n) is 1.05. The standard InChI is InChI=1S/C10H11ClN2S/c1-14-5-4-13-10-6-9(11)3-2-8(10)7-12/h2-3,6,13H,4-5H2,1H3. The summed E-state index contributed by atoms with van der Waals surface area (Å²) >= 11 is 7.59. The van der Waals surface area contributed by atoms with E-state index < -0.39 is 0 Å². The molecule has 0 fully saturated rings. The lowest BCUT2D eigenvalue weighted by Crippen LogP contribution is -2.05. The van der Waals surface area contributed by atoms with Gasteiger partial charge in [0.1, 0.15) is 6.07 Å². The van der Waals surface area contributed by atoms with Crippen molar-refractivity contribution in [1.82, 2.24) is 0 Å². The smallest absolute Gasteiger partial charge is 0.101 e. The van der Waals surface area contributed by atoms with Crippen molar-refractivity contribution in [3.63, 3.8) is 0 Å². The number of nitriles is 1. The first-order valence-corrected chi connectivity index (χ1v) is 5.97. The van der Waals surface area contributed by atoms with Gasteiger partial charge in [-0.1, -0.05) is 11.6 Å². The van der Waals surface area contributed by atoms with Gasteiger partial charge in [0.25, 0.3) is 0 Å². The van der Waals surface area contributed by atoms with Gasteiger partial charge in [-0.05, 0) is 24.5 Å². The molecule has 0 saturated carbocycles. The third-order valence-electron chi connectivity index (χ3n) is 1.72. The SMILES string of the molecule is CSCCNc1cc(Cl)ccc1C#N. The van der Waals surface area contributed by atoms with Gasteiger partial charge in [0.05, 0.1) is 11.3 Å². The van der Waals surface area contributed by atoms with Gasteiger partial charge in [0, 0.05) is 17.3 Å². The lowest BCUT2D eigenvalue weighted by Gasteiger charge is -2.07. The normalized spacial score (nSPS) is 9.50. The van der Waals surface area contributed by atoms with Crippen molar-refractivity contribution in [2.45, 2.75) is 0 Å². The van der Waals surface area contributed by atoms with Crippen LogP contribution in [0, 0.1) is 11.3 Å². The van der Waals surface area contributed by atoms with E-state index in [-0.39, 0.29) is 0 Å². The maximum atomic E-state index is 8.83. The number of halogens is 1. The van der Waals surface area contributed by atoms with E-state index in [1.807, 2.05) is 6.26 Å². The van der Waals surface area contributed by atoms with Gasteiger partial charge in [-0.2, -0.15) is 17.0 Å². The summed E-state index contributed by atoms with van der Waals surface area (Å²) in [6.45, 7) is 0.843. The second-order valence-electron chi connectivity index (χ2n) is 2.72. The van der Waals surface area contributed by atoms with Crippen LogP contribution in [-0.4, -0.2) is 18.6 Å². The Morgan fingerprint density at radius 2 is 2.36 bits per heavy atom. The van der Waals surface area contributed by atoms with Crippen LogP contribution in [0.25, 0.3) is 0 Å². The van der Waals surface area contributed by atoms with Gasteiger partial charge >= 0.3 is 0 Å². The third-order valence-corrected chi connectivity index (χ3v) is 2.57. The molecule has 0 aliphatic heterocycles. The van der Waals surface area contributed by atoms with E-state index in [4.69, 9.17) is 16.9 Å². The summed E-state index contributed by atoms with van der Waals surface area (Å²) in [4.78, 5) is 0. The van der Waals surface area contributed by atoms with Crippen LogP contribution in [0.4, 0.5) is 5.69 Å². The summed E-state index contributed by atoms with van der Waals surface area (Å²) in [5.74, 6) is 1.01. The van der Waals surface area contributed by atoms with Crippen LogP contribution in [0.2, 0.25) is 5.02 Å².